The second-order valence-electron chi connectivity index (χ2n) is 4.58. The normalized spacial score (nSPS) is 13.2. The van der Waals surface area contributed by atoms with Crippen molar-refractivity contribution in [3.63, 3.8) is 0 Å². The molecule has 21 heavy (non-hydrogen) atoms. The van der Waals surface area contributed by atoms with Crippen LogP contribution in [0.3, 0.4) is 0 Å². The number of halogens is 5. The maximum atomic E-state index is 13.2. The first-order valence-electron chi connectivity index (χ1n) is 6.06. The van der Waals surface area contributed by atoms with E-state index in [2.05, 4.69) is 0 Å². The first kappa shape index (κ1) is 15.8. The van der Waals surface area contributed by atoms with Crippen LogP contribution in [0, 0.1) is 5.82 Å². The highest BCUT2D eigenvalue weighted by atomic mass is 35.5. The predicted molar refractivity (Wildman–Crippen MR) is 71.5 cm³/mol. The number of aliphatic hydroxyl groups excluding tert-OH is 1. The monoisotopic (exact) mass is 318 g/mol. The van der Waals surface area contributed by atoms with E-state index in [1.807, 2.05) is 0 Å². The minimum absolute atomic E-state index is 0.0902. The molecule has 0 saturated carbocycles. The van der Waals surface area contributed by atoms with Crippen molar-refractivity contribution in [3.05, 3.63) is 70.0 Å². The van der Waals surface area contributed by atoms with E-state index in [0.717, 1.165) is 6.07 Å². The van der Waals surface area contributed by atoms with Gasteiger partial charge in [-0.2, -0.15) is 13.2 Å². The Kier molecular flexibility index (Phi) is 4.54. The fourth-order valence-electron chi connectivity index (χ4n) is 2.06. The molecule has 112 valence electrons. The summed E-state index contributed by atoms with van der Waals surface area (Å²) in [7, 11) is 0. The van der Waals surface area contributed by atoms with Crippen molar-refractivity contribution < 1.29 is 22.7 Å². The van der Waals surface area contributed by atoms with Crippen LogP contribution in [0.25, 0.3) is 0 Å². The van der Waals surface area contributed by atoms with Crippen LogP contribution in [0.1, 0.15) is 22.8 Å². The van der Waals surface area contributed by atoms with E-state index in [-0.39, 0.29) is 6.42 Å². The van der Waals surface area contributed by atoms with Crippen molar-refractivity contribution in [2.45, 2.75) is 18.7 Å². The molecule has 0 amide bonds. The topological polar surface area (TPSA) is 20.2 Å². The Balaban J connectivity index is 2.34. The smallest absolute Gasteiger partial charge is 0.388 e. The first-order chi connectivity index (χ1) is 9.77. The third-order valence-corrected chi connectivity index (χ3v) is 3.23. The molecule has 6 heteroatoms. The van der Waals surface area contributed by atoms with Gasteiger partial charge in [0.05, 0.1) is 11.7 Å². The summed E-state index contributed by atoms with van der Waals surface area (Å²) in [5, 5.41) is 10.4. The Bertz CT molecular complexity index is 640. The van der Waals surface area contributed by atoms with Crippen molar-refractivity contribution in [3.8, 4) is 0 Å². The van der Waals surface area contributed by atoms with Gasteiger partial charge in [-0.1, -0.05) is 23.7 Å². The highest BCUT2D eigenvalue weighted by Gasteiger charge is 2.35. The zero-order chi connectivity index (χ0) is 15.6. The van der Waals surface area contributed by atoms with Gasteiger partial charge in [0.2, 0.25) is 0 Å². The fraction of sp³-hybridized carbons (Fsp3) is 0.200. The molecule has 0 aliphatic rings. The van der Waals surface area contributed by atoms with Gasteiger partial charge < -0.3 is 5.11 Å². The average Bonchev–Trinajstić information content (AvgIpc) is 2.37. The zero-order valence-electron chi connectivity index (χ0n) is 10.7. The Labute approximate surface area is 123 Å². The molecule has 1 atom stereocenters. The summed E-state index contributed by atoms with van der Waals surface area (Å²) in [6.07, 6.45) is -6.22. The summed E-state index contributed by atoms with van der Waals surface area (Å²) in [6, 6.07) is 8.46. The largest absolute Gasteiger partial charge is 0.416 e. The fourth-order valence-corrected chi connectivity index (χ4v) is 2.28. The third-order valence-electron chi connectivity index (χ3n) is 3.00. The molecule has 0 spiro atoms. The molecule has 0 bridgehead atoms. The van der Waals surface area contributed by atoms with E-state index in [0.29, 0.717) is 22.7 Å². The summed E-state index contributed by atoms with van der Waals surface area (Å²) < 4.78 is 51.9. The summed E-state index contributed by atoms with van der Waals surface area (Å²) in [5.41, 5.74) is -0.965. The van der Waals surface area contributed by atoms with E-state index < -0.39 is 29.2 Å². The molecule has 2 rings (SSSR count). The summed E-state index contributed by atoms with van der Waals surface area (Å²) in [6.45, 7) is 0. The molecule has 0 aliphatic carbocycles. The highest BCUT2D eigenvalue weighted by molar-refractivity contribution is 6.30. The van der Waals surface area contributed by atoms with E-state index in [4.69, 9.17) is 11.6 Å². The average molecular weight is 319 g/mol. The van der Waals surface area contributed by atoms with Gasteiger partial charge in [-0.25, -0.2) is 4.39 Å². The van der Waals surface area contributed by atoms with Crippen LogP contribution >= 0.6 is 11.6 Å². The van der Waals surface area contributed by atoms with Crippen molar-refractivity contribution >= 4 is 11.6 Å². The van der Waals surface area contributed by atoms with E-state index in [1.54, 1.807) is 18.2 Å². The standard InChI is InChI=1S/C15H11ClF4O/c16-10-3-1-2-9(6-10)7-14(21)12-8-11(17)4-5-13(12)15(18,19)20/h1-6,8,14,21H,7H2. The second-order valence-corrected chi connectivity index (χ2v) is 5.02. The number of rotatable bonds is 3. The van der Waals surface area contributed by atoms with Gasteiger partial charge in [-0.3, -0.25) is 0 Å². The van der Waals surface area contributed by atoms with E-state index >= 15 is 0 Å². The predicted octanol–water partition coefficient (Wildman–Crippen LogP) is 4.77. The lowest BCUT2D eigenvalue weighted by atomic mass is 9.96. The number of aliphatic hydroxyl groups is 1. The molecule has 2 aromatic carbocycles. The van der Waals surface area contributed by atoms with Crippen LogP contribution in [0.4, 0.5) is 17.6 Å². The maximum absolute atomic E-state index is 13.2. The quantitative estimate of drug-likeness (QED) is 0.808. The van der Waals surface area contributed by atoms with E-state index in [9.17, 15) is 22.7 Å². The number of hydrogen-bond acceptors (Lipinski definition) is 1. The zero-order valence-corrected chi connectivity index (χ0v) is 11.4. The number of benzene rings is 2. The Morgan fingerprint density at radius 3 is 2.43 bits per heavy atom. The van der Waals surface area contributed by atoms with Crippen molar-refractivity contribution in [1.29, 1.82) is 0 Å². The molecular weight excluding hydrogens is 308 g/mol. The molecule has 0 heterocycles. The lowest BCUT2D eigenvalue weighted by Gasteiger charge is -2.18. The minimum atomic E-state index is -4.65. The summed E-state index contributed by atoms with van der Waals surface area (Å²) >= 11 is 5.78. The molecule has 0 aromatic heterocycles. The van der Waals surface area contributed by atoms with Gasteiger partial charge in [0.15, 0.2) is 0 Å². The lowest BCUT2D eigenvalue weighted by molar-refractivity contribution is -0.139. The molecule has 1 N–H and O–H groups in total. The van der Waals surface area contributed by atoms with Crippen molar-refractivity contribution in [1.82, 2.24) is 0 Å². The molecule has 1 nitrogen and oxygen atoms in total. The molecule has 2 aromatic rings. The SMILES string of the molecule is OC(Cc1cccc(Cl)c1)c1cc(F)ccc1C(F)(F)F. The van der Waals surface area contributed by atoms with Crippen molar-refractivity contribution in [2.24, 2.45) is 0 Å². The minimum Gasteiger partial charge on any atom is -0.388 e. The summed E-state index contributed by atoms with van der Waals surface area (Å²) in [4.78, 5) is 0. The van der Waals surface area contributed by atoms with Gasteiger partial charge >= 0.3 is 6.18 Å². The molecule has 0 saturated heterocycles. The molecule has 0 fully saturated rings. The van der Waals surface area contributed by atoms with Gasteiger partial charge in [0, 0.05) is 11.4 Å². The molecule has 0 radical (unpaired) electrons. The Morgan fingerprint density at radius 2 is 1.81 bits per heavy atom. The Morgan fingerprint density at radius 1 is 1.10 bits per heavy atom. The summed E-state index contributed by atoms with van der Waals surface area (Å²) in [5.74, 6) is -0.830. The lowest BCUT2D eigenvalue weighted by Crippen LogP contribution is -2.14. The molecular formula is C15H11ClF4O. The maximum Gasteiger partial charge on any atom is 0.416 e. The molecule has 0 aliphatic heterocycles. The van der Waals surface area contributed by atoms with Crippen LogP contribution in [0.15, 0.2) is 42.5 Å². The van der Waals surface area contributed by atoms with Gasteiger partial charge in [-0.05, 0) is 41.5 Å². The van der Waals surface area contributed by atoms with Crippen LogP contribution in [0.5, 0.6) is 0 Å². The highest BCUT2D eigenvalue weighted by Crippen LogP contribution is 2.36. The number of alkyl halides is 3. The van der Waals surface area contributed by atoms with E-state index in [1.165, 1.54) is 6.07 Å². The Hall–Kier alpha value is -1.59. The van der Waals surface area contributed by atoms with Gasteiger partial charge in [-0.15, -0.1) is 0 Å². The second kappa shape index (κ2) is 6.03. The number of hydrogen-bond donors (Lipinski definition) is 1. The van der Waals surface area contributed by atoms with Crippen LogP contribution in [-0.4, -0.2) is 5.11 Å². The van der Waals surface area contributed by atoms with Crippen LogP contribution in [0.2, 0.25) is 5.02 Å². The first-order valence-corrected chi connectivity index (χ1v) is 6.44. The van der Waals surface area contributed by atoms with Crippen molar-refractivity contribution in [2.75, 3.05) is 0 Å². The third kappa shape index (κ3) is 3.95. The van der Waals surface area contributed by atoms with Crippen LogP contribution in [-0.2, 0) is 12.6 Å². The van der Waals surface area contributed by atoms with Gasteiger partial charge in [0.25, 0.3) is 0 Å². The molecule has 1 unspecified atom stereocenters. The van der Waals surface area contributed by atoms with Gasteiger partial charge in [0.1, 0.15) is 5.82 Å². The van der Waals surface area contributed by atoms with Crippen LogP contribution < -0.4 is 0 Å².